The number of nitrogens with one attached hydrogen (secondary N) is 2. The van der Waals surface area contributed by atoms with Crippen LogP contribution in [0.3, 0.4) is 0 Å². The van der Waals surface area contributed by atoms with Gasteiger partial charge in [0.1, 0.15) is 11.5 Å². The maximum absolute atomic E-state index is 14.0. The van der Waals surface area contributed by atoms with Crippen LogP contribution in [0.15, 0.2) is 42.5 Å². The molecule has 2 amide bonds. The summed E-state index contributed by atoms with van der Waals surface area (Å²) in [5.74, 6) is -0.491. The molecule has 2 aromatic carbocycles. The van der Waals surface area contributed by atoms with Crippen LogP contribution in [0.2, 0.25) is 0 Å². The van der Waals surface area contributed by atoms with E-state index < -0.39 is 0 Å². The molecule has 7 heteroatoms. The largest absolute Gasteiger partial charge is 0.368 e. The first-order valence-corrected chi connectivity index (χ1v) is 10.2. The molecule has 0 atom stereocenters. The van der Waals surface area contributed by atoms with Gasteiger partial charge in [-0.3, -0.25) is 9.59 Å². The molecule has 0 radical (unpaired) electrons. The van der Waals surface area contributed by atoms with Crippen LogP contribution in [-0.2, 0) is 4.79 Å². The van der Waals surface area contributed by atoms with E-state index in [9.17, 15) is 14.0 Å². The molecule has 30 heavy (non-hydrogen) atoms. The number of piperazine rings is 1. The molecule has 3 aromatic rings. The van der Waals surface area contributed by atoms with E-state index in [1.165, 1.54) is 6.07 Å². The minimum atomic E-state index is -0.353. The highest BCUT2D eigenvalue weighted by Crippen LogP contribution is 2.24. The van der Waals surface area contributed by atoms with Crippen LogP contribution in [0.25, 0.3) is 10.9 Å². The van der Waals surface area contributed by atoms with Gasteiger partial charge in [0, 0.05) is 49.4 Å². The lowest BCUT2D eigenvalue weighted by molar-refractivity contribution is -0.131. The molecule has 2 N–H and O–H groups in total. The molecule has 1 saturated heterocycles. The first-order chi connectivity index (χ1) is 14.5. The Morgan fingerprint density at radius 2 is 1.87 bits per heavy atom. The number of hydrogen-bond acceptors (Lipinski definition) is 3. The molecule has 0 unspecified atom stereocenters. The topological polar surface area (TPSA) is 68.4 Å². The van der Waals surface area contributed by atoms with Gasteiger partial charge in [0.2, 0.25) is 5.91 Å². The molecule has 156 valence electrons. The van der Waals surface area contributed by atoms with Crippen LogP contribution >= 0.6 is 0 Å². The number of anilines is 2. The monoisotopic (exact) mass is 408 g/mol. The fraction of sp³-hybridized carbons (Fsp3) is 0.304. The smallest absolute Gasteiger partial charge is 0.272 e. The molecule has 0 aliphatic carbocycles. The highest BCUT2D eigenvalue weighted by molar-refractivity contribution is 6.06. The summed E-state index contributed by atoms with van der Waals surface area (Å²) < 4.78 is 14.0. The molecule has 0 spiro atoms. The maximum atomic E-state index is 14.0. The maximum Gasteiger partial charge on any atom is 0.272 e. The number of amides is 2. The van der Waals surface area contributed by atoms with Gasteiger partial charge in [-0.2, -0.15) is 0 Å². The number of halogens is 1. The van der Waals surface area contributed by atoms with Gasteiger partial charge in [-0.15, -0.1) is 0 Å². The van der Waals surface area contributed by atoms with Crippen molar-refractivity contribution < 1.29 is 14.0 Å². The second kappa shape index (κ2) is 8.18. The number of aromatic nitrogens is 1. The van der Waals surface area contributed by atoms with Gasteiger partial charge in [0.05, 0.1) is 5.52 Å². The van der Waals surface area contributed by atoms with Crippen molar-refractivity contribution in [3.63, 3.8) is 0 Å². The summed E-state index contributed by atoms with van der Waals surface area (Å²) in [4.78, 5) is 31.7. The normalized spacial score (nSPS) is 14.2. The molecular weight excluding hydrogens is 383 g/mol. The Labute approximate surface area is 174 Å². The molecule has 6 nitrogen and oxygen atoms in total. The zero-order chi connectivity index (χ0) is 21.3. The Kier molecular flexibility index (Phi) is 5.44. The summed E-state index contributed by atoms with van der Waals surface area (Å²) in [5.41, 5.74) is 3.49. The lowest BCUT2D eigenvalue weighted by atomic mass is 10.1. The summed E-state index contributed by atoms with van der Waals surface area (Å²) in [6, 6.07) is 12.3. The van der Waals surface area contributed by atoms with E-state index in [-0.39, 0.29) is 17.6 Å². The van der Waals surface area contributed by atoms with Crippen LogP contribution in [0.4, 0.5) is 15.8 Å². The average molecular weight is 408 g/mol. The van der Waals surface area contributed by atoms with E-state index in [2.05, 4.69) is 15.2 Å². The van der Waals surface area contributed by atoms with Crippen molar-refractivity contribution in [2.45, 2.75) is 20.3 Å². The summed E-state index contributed by atoms with van der Waals surface area (Å²) in [5, 5.41) is 3.30. The Bertz CT molecular complexity index is 1060. The van der Waals surface area contributed by atoms with Crippen molar-refractivity contribution in [1.82, 2.24) is 9.88 Å². The number of rotatable bonds is 4. The average Bonchev–Trinajstić information content (AvgIpc) is 3.23. The minimum absolute atomic E-state index is 0.181. The van der Waals surface area contributed by atoms with Crippen LogP contribution in [0.5, 0.6) is 0 Å². The third-order valence-electron chi connectivity index (χ3n) is 5.60. The van der Waals surface area contributed by atoms with E-state index in [4.69, 9.17) is 0 Å². The lowest BCUT2D eigenvalue weighted by Gasteiger charge is -2.36. The quantitative estimate of drug-likeness (QED) is 0.687. The molecule has 1 aliphatic heterocycles. The Morgan fingerprint density at radius 1 is 1.10 bits per heavy atom. The van der Waals surface area contributed by atoms with Crippen molar-refractivity contribution in [2.75, 3.05) is 36.4 Å². The molecular formula is C23H25FN4O2. The highest BCUT2D eigenvalue weighted by atomic mass is 19.1. The fourth-order valence-corrected chi connectivity index (χ4v) is 3.86. The molecule has 0 saturated carbocycles. The second-order valence-electron chi connectivity index (χ2n) is 7.56. The van der Waals surface area contributed by atoms with Crippen molar-refractivity contribution in [3.05, 3.63) is 59.5 Å². The van der Waals surface area contributed by atoms with Gasteiger partial charge in [0.25, 0.3) is 5.91 Å². The predicted octanol–water partition coefficient (Wildman–Crippen LogP) is 3.93. The van der Waals surface area contributed by atoms with Gasteiger partial charge in [0.15, 0.2) is 0 Å². The number of nitrogens with zero attached hydrogens (tertiary/aromatic N) is 2. The SMILES string of the molecule is CCC(=O)N1CCN(c2cccc(NC(=O)c3cc4c(F)ccc(C)c4[nH]3)c2)CC1. The number of aryl methyl sites for hydroxylation is 1. The summed E-state index contributed by atoms with van der Waals surface area (Å²) in [6.07, 6.45) is 0.526. The number of benzene rings is 2. The summed E-state index contributed by atoms with van der Waals surface area (Å²) >= 11 is 0. The van der Waals surface area contributed by atoms with Crippen LogP contribution < -0.4 is 10.2 Å². The van der Waals surface area contributed by atoms with Crippen molar-refractivity contribution >= 4 is 34.1 Å². The number of carbonyl (C=O) groups is 2. The number of hydrogen-bond donors (Lipinski definition) is 2. The summed E-state index contributed by atoms with van der Waals surface area (Å²) in [7, 11) is 0. The predicted molar refractivity (Wildman–Crippen MR) is 116 cm³/mol. The van der Waals surface area contributed by atoms with Gasteiger partial charge in [-0.1, -0.05) is 19.1 Å². The van der Waals surface area contributed by atoms with E-state index >= 15 is 0 Å². The fourth-order valence-electron chi connectivity index (χ4n) is 3.86. The lowest BCUT2D eigenvalue weighted by Crippen LogP contribution is -2.48. The van der Waals surface area contributed by atoms with Crippen molar-refractivity contribution in [2.24, 2.45) is 0 Å². The Hall–Kier alpha value is -3.35. The molecule has 4 rings (SSSR count). The highest BCUT2D eigenvalue weighted by Gasteiger charge is 2.20. The zero-order valence-corrected chi connectivity index (χ0v) is 17.2. The van der Waals surface area contributed by atoms with Gasteiger partial charge >= 0.3 is 0 Å². The zero-order valence-electron chi connectivity index (χ0n) is 17.2. The number of carbonyl (C=O) groups excluding carboxylic acids is 2. The van der Waals surface area contributed by atoms with E-state index in [1.807, 2.05) is 43.0 Å². The van der Waals surface area contributed by atoms with Crippen molar-refractivity contribution in [1.29, 1.82) is 0 Å². The standard InChI is InChI=1S/C23H25FN4O2/c1-3-21(29)28-11-9-27(10-12-28)17-6-4-5-16(13-17)25-23(30)20-14-18-19(24)8-7-15(2)22(18)26-20/h4-8,13-14,26H,3,9-12H2,1-2H3,(H,25,30). The summed E-state index contributed by atoms with van der Waals surface area (Å²) in [6.45, 7) is 6.65. The van der Waals surface area contributed by atoms with Gasteiger partial charge in [-0.25, -0.2) is 4.39 Å². The molecule has 1 aliphatic rings. The van der Waals surface area contributed by atoms with Crippen LogP contribution in [0, 0.1) is 12.7 Å². The van der Waals surface area contributed by atoms with Gasteiger partial charge in [-0.05, 0) is 42.8 Å². The molecule has 1 fully saturated rings. The Morgan fingerprint density at radius 3 is 2.57 bits per heavy atom. The third kappa shape index (κ3) is 3.87. The molecule has 0 bridgehead atoms. The van der Waals surface area contributed by atoms with E-state index in [1.54, 1.807) is 12.1 Å². The van der Waals surface area contributed by atoms with Gasteiger partial charge < -0.3 is 20.1 Å². The number of aromatic amines is 1. The molecule has 2 heterocycles. The Balaban J connectivity index is 1.47. The van der Waals surface area contributed by atoms with Crippen LogP contribution in [-0.4, -0.2) is 47.9 Å². The second-order valence-corrected chi connectivity index (χ2v) is 7.56. The van der Waals surface area contributed by atoms with Crippen LogP contribution in [0.1, 0.15) is 29.4 Å². The number of fused-ring (bicyclic) bond motifs is 1. The first-order valence-electron chi connectivity index (χ1n) is 10.2. The third-order valence-corrected chi connectivity index (χ3v) is 5.60. The minimum Gasteiger partial charge on any atom is -0.368 e. The number of H-pyrrole nitrogens is 1. The first kappa shape index (κ1) is 19.9. The van der Waals surface area contributed by atoms with Crippen molar-refractivity contribution in [3.8, 4) is 0 Å². The molecule has 1 aromatic heterocycles. The van der Waals surface area contributed by atoms with E-state index in [0.29, 0.717) is 41.8 Å². The van der Waals surface area contributed by atoms with E-state index in [0.717, 1.165) is 24.3 Å².